The van der Waals surface area contributed by atoms with Crippen LogP contribution in [0.25, 0.3) is 11.3 Å². The summed E-state index contributed by atoms with van der Waals surface area (Å²) < 4.78 is 19.5. The van der Waals surface area contributed by atoms with Crippen molar-refractivity contribution >= 4 is 17.2 Å². The molecule has 0 radical (unpaired) electrons. The number of oxazole rings is 1. The fraction of sp³-hybridized carbons (Fsp3) is 0.300. The van der Waals surface area contributed by atoms with Crippen molar-refractivity contribution in [2.45, 2.75) is 38.3 Å². The lowest BCUT2D eigenvalue weighted by molar-refractivity contribution is -0.132. The normalized spacial score (nSPS) is 13.7. The Bertz CT molecular complexity index is 887. The SMILES string of the molecule is O=C(CCc1ncc(-c2ccccc2F)o1)N(Cc1cccs1)C1CC1. The topological polar surface area (TPSA) is 46.3 Å². The molecule has 0 aliphatic heterocycles. The maximum atomic E-state index is 13.8. The van der Waals surface area contributed by atoms with E-state index < -0.39 is 0 Å². The molecule has 1 aliphatic rings. The third-order valence-corrected chi connectivity index (χ3v) is 5.32. The van der Waals surface area contributed by atoms with Crippen LogP contribution in [0.15, 0.2) is 52.4 Å². The monoisotopic (exact) mass is 370 g/mol. The molecule has 6 heteroatoms. The molecule has 1 amide bonds. The Balaban J connectivity index is 1.39. The van der Waals surface area contributed by atoms with E-state index in [1.54, 1.807) is 29.5 Å². The fourth-order valence-corrected chi connectivity index (χ4v) is 3.65. The Labute approximate surface area is 155 Å². The molecule has 2 heterocycles. The molecule has 0 N–H and O–H groups in total. The number of rotatable bonds is 7. The van der Waals surface area contributed by atoms with E-state index in [1.807, 2.05) is 16.3 Å². The smallest absolute Gasteiger partial charge is 0.223 e. The van der Waals surface area contributed by atoms with Crippen molar-refractivity contribution in [1.82, 2.24) is 9.88 Å². The minimum atomic E-state index is -0.345. The third-order valence-electron chi connectivity index (χ3n) is 4.46. The quantitative estimate of drug-likeness (QED) is 0.607. The number of hydrogen-bond donors (Lipinski definition) is 0. The predicted molar refractivity (Wildman–Crippen MR) is 98.1 cm³/mol. The molecule has 1 aliphatic carbocycles. The van der Waals surface area contributed by atoms with Crippen molar-refractivity contribution in [2.24, 2.45) is 0 Å². The van der Waals surface area contributed by atoms with E-state index in [9.17, 15) is 9.18 Å². The molecule has 1 aromatic carbocycles. The number of hydrogen-bond acceptors (Lipinski definition) is 4. The van der Waals surface area contributed by atoms with Gasteiger partial charge in [-0.1, -0.05) is 18.2 Å². The van der Waals surface area contributed by atoms with Crippen LogP contribution in [0, 0.1) is 5.82 Å². The van der Waals surface area contributed by atoms with Gasteiger partial charge >= 0.3 is 0 Å². The largest absolute Gasteiger partial charge is 0.441 e. The molecule has 0 unspecified atom stereocenters. The molecule has 1 saturated carbocycles. The Kier molecular flexibility index (Phi) is 4.84. The number of thiophene rings is 1. The molecule has 26 heavy (non-hydrogen) atoms. The summed E-state index contributed by atoms with van der Waals surface area (Å²) >= 11 is 1.67. The summed E-state index contributed by atoms with van der Waals surface area (Å²) in [5, 5.41) is 2.03. The minimum absolute atomic E-state index is 0.117. The van der Waals surface area contributed by atoms with Crippen molar-refractivity contribution in [3.8, 4) is 11.3 Å². The highest BCUT2D eigenvalue weighted by Crippen LogP contribution is 2.30. The molecule has 0 atom stereocenters. The van der Waals surface area contributed by atoms with E-state index >= 15 is 0 Å². The summed E-state index contributed by atoms with van der Waals surface area (Å²) in [5.41, 5.74) is 0.384. The van der Waals surface area contributed by atoms with Gasteiger partial charge < -0.3 is 9.32 Å². The molecule has 3 aromatic rings. The minimum Gasteiger partial charge on any atom is -0.441 e. The van der Waals surface area contributed by atoms with Crippen LogP contribution in [-0.2, 0) is 17.8 Å². The van der Waals surface area contributed by atoms with E-state index in [-0.39, 0.29) is 11.7 Å². The van der Waals surface area contributed by atoms with E-state index in [2.05, 4.69) is 11.1 Å². The summed E-state index contributed by atoms with van der Waals surface area (Å²) in [7, 11) is 0. The van der Waals surface area contributed by atoms with Gasteiger partial charge in [0.2, 0.25) is 5.91 Å². The van der Waals surface area contributed by atoms with Crippen molar-refractivity contribution in [3.05, 3.63) is 64.6 Å². The van der Waals surface area contributed by atoms with Crippen LogP contribution >= 0.6 is 11.3 Å². The zero-order valence-electron chi connectivity index (χ0n) is 14.2. The number of halogens is 1. The highest BCUT2D eigenvalue weighted by molar-refractivity contribution is 7.09. The second kappa shape index (κ2) is 7.41. The van der Waals surface area contributed by atoms with Crippen molar-refractivity contribution in [2.75, 3.05) is 0 Å². The summed E-state index contributed by atoms with van der Waals surface area (Å²) in [4.78, 5) is 20.0. The molecule has 0 spiro atoms. The van der Waals surface area contributed by atoms with Gasteiger partial charge in [0, 0.05) is 23.8 Å². The highest BCUT2D eigenvalue weighted by Gasteiger charge is 2.32. The number of carbonyl (C=O) groups excluding carboxylic acids is 1. The van der Waals surface area contributed by atoms with Crippen LogP contribution < -0.4 is 0 Å². The third kappa shape index (κ3) is 3.85. The van der Waals surface area contributed by atoms with Gasteiger partial charge in [-0.25, -0.2) is 9.37 Å². The van der Waals surface area contributed by atoms with Gasteiger partial charge in [-0.3, -0.25) is 4.79 Å². The zero-order valence-corrected chi connectivity index (χ0v) is 15.0. The van der Waals surface area contributed by atoms with Gasteiger partial charge in [-0.05, 0) is 36.4 Å². The lowest BCUT2D eigenvalue weighted by atomic mass is 10.2. The molecule has 2 aromatic heterocycles. The average Bonchev–Trinajstić information content (AvgIpc) is 3.16. The first-order valence-corrected chi connectivity index (χ1v) is 9.60. The highest BCUT2D eigenvalue weighted by atomic mass is 32.1. The lowest BCUT2D eigenvalue weighted by Gasteiger charge is -2.21. The van der Waals surface area contributed by atoms with E-state index in [0.717, 1.165) is 12.8 Å². The Morgan fingerprint density at radius 2 is 2.12 bits per heavy atom. The van der Waals surface area contributed by atoms with Gasteiger partial charge in [-0.15, -0.1) is 11.3 Å². The molecule has 4 rings (SSSR count). The first-order valence-electron chi connectivity index (χ1n) is 8.72. The zero-order chi connectivity index (χ0) is 17.9. The molecule has 134 valence electrons. The first-order chi connectivity index (χ1) is 12.7. The van der Waals surface area contributed by atoms with E-state index in [4.69, 9.17) is 4.42 Å². The van der Waals surface area contributed by atoms with Crippen molar-refractivity contribution in [3.63, 3.8) is 0 Å². The van der Waals surface area contributed by atoms with Gasteiger partial charge in [0.05, 0.1) is 18.3 Å². The van der Waals surface area contributed by atoms with Crippen LogP contribution in [0.3, 0.4) is 0 Å². The molecular formula is C20H19FN2O2S. The molecule has 4 nitrogen and oxygen atoms in total. The summed E-state index contributed by atoms with van der Waals surface area (Å²) in [5.74, 6) is 0.625. The molecule has 0 saturated heterocycles. The van der Waals surface area contributed by atoms with E-state index in [0.29, 0.717) is 42.6 Å². The number of nitrogens with zero attached hydrogens (tertiary/aromatic N) is 2. The Morgan fingerprint density at radius 3 is 2.85 bits per heavy atom. The van der Waals surface area contributed by atoms with Crippen LogP contribution in [-0.4, -0.2) is 21.8 Å². The number of amides is 1. The van der Waals surface area contributed by atoms with Gasteiger partial charge in [0.15, 0.2) is 11.7 Å². The maximum Gasteiger partial charge on any atom is 0.223 e. The lowest BCUT2D eigenvalue weighted by Crippen LogP contribution is -2.32. The standard InChI is InChI=1S/C20H19FN2O2S/c21-17-6-2-1-5-16(17)18-12-22-19(25-18)9-10-20(24)23(14-7-8-14)13-15-4-3-11-26-15/h1-6,11-12,14H,7-10,13H2. The van der Waals surface area contributed by atoms with Crippen LogP contribution in [0.4, 0.5) is 4.39 Å². The van der Waals surface area contributed by atoms with E-state index in [1.165, 1.54) is 17.1 Å². The Hall–Kier alpha value is -2.47. The van der Waals surface area contributed by atoms with Gasteiger partial charge in [0.25, 0.3) is 0 Å². The second-order valence-electron chi connectivity index (χ2n) is 6.43. The number of benzene rings is 1. The van der Waals surface area contributed by atoms with Gasteiger partial charge in [-0.2, -0.15) is 0 Å². The molecular weight excluding hydrogens is 351 g/mol. The van der Waals surface area contributed by atoms with Crippen molar-refractivity contribution < 1.29 is 13.6 Å². The number of aromatic nitrogens is 1. The fourth-order valence-electron chi connectivity index (χ4n) is 2.95. The van der Waals surface area contributed by atoms with Crippen LogP contribution in [0.5, 0.6) is 0 Å². The molecule has 0 bridgehead atoms. The van der Waals surface area contributed by atoms with Crippen LogP contribution in [0.2, 0.25) is 0 Å². The number of aryl methyl sites for hydroxylation is 1. The average molecular weight is 370 g/mol. The number of carbonyl (C=O) groups is 1. The molecule has 1 fully saturated rings. The van der Waals surface area contributed by atoms with Gasteiger partial charge in [0.1, 0.15) is 5.82 Å². The Morgan fingerprint density at radius 1 is 1.27 bits per heavy atom. The summed E-state index contributed by atoms with van der Waals surface area (Å²) in [6.45, 7) is 0.674. The second-order valence-corrected chi connectivity index (χ2v) is 7.46. The maximum absolute atomic E-state index is 13.8. The first kappa shape index (κ1) is 17.0. The van der Waals surface area contributed by atoms with Crippen LogP contribution in [0.1, 0.15) is 30.0 Å². The van der Waals surface area contributed by atoms with Crippen molar-refractivity contribution in [1.29, 1.82) is 0 Å². The summed E-state index contributed by atoms with van der Waals surface area (Å²) in [6.07, 6.45) is 4.43. The summed E-state index contributed by atoms with van der Waals surface area (Å²) in [6, 6.07) is 10.9. The predicted octanol–water partition coefficient (Wildman–Crippen LogP) is 4.67.